The van der Waals surface area contributed by atoms with E-state index < -0.39 is 10.8 Å². The Balaban J connectivity index is 2.70. The molecule has 2 atom stereocenters. The molecule has 0 saturated carbocycles. The van der Waals surface area contributed by atoms with Crippen molar-refractivity contribution in [3.05, 3.63) is 18.2 Å². The molecule has 1 aromatic rings. The van der Waals surface area contributed by atoms with E-state index >= 15 is 0 Å². The first-order valence-corrected chi connectivity index (χ1v) is 8.24. The number of benzene rings is 1. The van der Waals surface area contributed by atoms with Gasteiger partial charge in [0.1, 0.15) is 5.75 Å². The van der Waals surface area contributed by atoms with Gasteiger partial charge in [-0.25, -0.2) is 0 Å². The average molecular weight is 284 g/mol. The van der Waals surface area contributed by atoms with Gasteiger partial charge in [0.05, 0.1) is 17.5 Å². The third-order valence-electron chi connectivity index (χ3n) is 2.67. The average Bonchev–Trinajstić information content (AvgIpc) is 2.31. The second-order valence-electron chi connectivity index (χ2n) is 5.00. The molecule has 3 N–H and O–H groups in total. The van der Waals surface area contributed by atoms with Crippen molar-refractivity contribution in [1.82, 2.24) is 0 Å². The molecule has 0 saturated heterocycles. The first-order chi connectivity index (χ1) is 8.90. The summed E-state index contributed by atoms with van der Waals surface area (Å²) in [5, 5.41) is 3.34. The molecular formula is C14H24N2O2S. The Morgan fingerprint density at radius 1 is 1.37 bits per heavy atom. The molecule has 0 aliphatic carbocycles. The third kappa shape index (κ3) is 5.51. The Morgan fingerprint density at radius 2 is 2.05 bits per heavy atom. The van der Waals surface area contributed by atoms with Crippen LogP contribution >= 0.6 is 0 Å². The van der Waals surface area contributed by atoms with Crippen LogP contribution in [0.4, 0.5) is 11.4 Å². The zero-order chi connectivity index (χ0) is 14.4. The fourth-order valence-corrected chi connectivity index (χ4v) is 2.39. The van der Waals surface area contributed by atoms with E-state index in [1.807, 2.05) is 32.0 Å². The highest BCUT2D eigenvalue weighted by molar-refractivity contribution is 7.84. The number of para-hydroxylation sites is 1. The highest BCUT2D eigenvalue weighted by Gasteiger charge is 2.10. The van der Waals surface area contributed by atoms with Crippen molar-refractivity contribution in [2.45, 2.75) is 39.3 Å². The SMILES string of the molecule is CC(CCS(C)=O)Nc1cccc(OC(C)C)c1N. The number of ether oxygens (including phenoxy) is 1. The number of nitrogens with two attached hydrogens (primary N) is 1. The molecule has 0 radical (unpaired) electrons. The molecular weight excluding hydrogens is 260 g/mol. The summed E-state index contributed by atoms with van der Waals surface area (Å²) in [4.78, 5) is 0. The van der Waals surface area contributed by atoms with Gasteiger partial charge in [-0.15, -0.1) is 0 Å². The maximum Gasteiger partial charge on any atom is 0.144 e. The number of nitrogen functional groups attached to an aromatic ring is 1. The zero-order valence-corrected chi connectivity index (χ0v) is 12.9. The van der Waals surface area contributed by atoms with Gasteiger partial charge in [0.15, 0.2) is 0 Å². The molecule has 5 heteroatoms. The Labute approximate surface area is 118 Å². The molecule has 2 unspecified atom stereocenters. The van der Waals surface area contributed by atoms with E-state index in [0.29, 0.717) is 17.2 Å². The summed E-state index contributed by atoms with van der Waals surface area (Å²) in [6.07, 6.45) is 2.66. The minimum atomic E-state index is -0.758. The van der Waals surface area contributed by atoms with Crippen molar-refractivity contribution < 1.29 is 8.95 Å². The predicted octanol–water partition coefficient (Wildman–Crippen LogP) is 2.62. The lowest BCUT2D eigenvalue weighted by atomic mass is 10.2. The molecule has 1 rings (SSSR count). The number of nitrogens with one attached hydrogen (secondary N) is 1. The highest BCUT2D eigenvalue weighted by Crippen LogP contribution is 2.30. The molecule has 0 aromatic heterocycles. The summed E-state index contributed by atoms with van der Waals surface area (Å²) in [6.45, 7) is 6.00. The van der Waals surface area contributed by atoms with Crippen molar-refractivity contribution in [3.63, 3.8) is 0 Å². The van der Waals surface area contributed by atoms with Crippen LogP contribution in [0.25, 0.3) is 0 Å². The maximum absolute atomic E-state index is 11.1. The van der Waals surface area contributed by atoms with Crippen molar-refractivity contribution in [2.75, 3.05) is 23.1 Å². The maximum atomic E-state index is 11.1. The number of hydrogen-bond donors (Lipinski definition) is 2. The predicted molar refractivity (Wildman–Crippen MR) is 83.3 cm³/mol. The molecule has 4 nitrogen and oxygen atoms in total. The van der Waals surface area contributed by atoms with Crippen molar-refractivity contribution in [2.24, 2.45) is 0 Å². The second-order valence-corrected chi connectivity index (χ2v) is 6.55. The van der Waals surface area contributed by atoms with Gasteiger partial charge in [-0.05, 0) is 39.3 Å². The lowest BCUT2D eigenvalue weighted by Crippen LogP contribution is -2.19. The fraction of sp³-hybridized carbons (Fsp3) is 0.571. The summed E-state index contributed by atoms with van der Waals surface area (Å²) in [5.41, 5.74) is 7.58. The normalized spacial score (nSPS) is 14.2. The standard InChI is InChI=1S/C14H24N2O2S/c1-10(2)18-13-7-5-6-12(14(13)15)16-11(3)8-9-19(4)17/h5-7,10-11,16H,8-9,15H2,1-4H3. The Morgan fingerprint density at radius 3 is 2.63 bits per heavy atom. The van der Waals surface area contributed by atoms with Gasteiger partial charge in [0.25, 0.3) is 0 Å². The van der Waals surface area contributed by atoms with E-state index in [1.54, 1.807) is 6.26 Å². The van der Waals surface area contributed by atoms with Gasteiger partial charge >= 0.3 is 0 Å². The third-order valence-corrected chi connectivity index (χ3v) is 3.48. The van der Waals surface area contributed by atoms with Gasteiger partial charge < -0.3 is 15.8 Å². The molecule has 19 heavy (non-hydrogen) atoms. The van der Waals surface area contributed by atoms with Crippen LogP contribution in [0.2, 0.25) is 0 Å². The molecule has 0 spiro atoms. The van der Waals surface area contributed by atoms with Gasteiger partial charge in [0, 0.05) is 28.9 Å². The summed E-state index contributed by atoms with van der Waals surface area (Å²) in [7, 11) is -0.758. The van der Waals surface area contributed by atoms with Crippen LogP contribution in [0.15, 0.2) is 18.2 Å². The topological polar surface area (TPSA) is 64.3 Å². The molecule has 0 fully saturated rings. The minimum absolute atomic E-state index is 0.0949. The smallest absolute Gasteiger partial charge is 0.144 e. The van der Waals surface area contributed by atoms with Crippen LogP contribution in [0, 0.1) is 0 Å². The van der Waals surface area contributed by atoms with Crippen molar-refractivity contribution >= 4 is 22.2 Å². The van der Waals surface area contributed by atoms with E-state index in [0.717, 1.165) is 12.1 Å². The van der Waals surface area contributed by atoms with Crippen LogP contribution in [-0.4, -0.2) is 28.4 Å². The number of hydrogen-bond acceptors (Lipinski definition) is 4. The highest BCUT2D eigenvalue weighted by atomic mass is 32.2. The quantitative estimate of drug-likeness (QED) is 0.755. The van der Waals surface area contributed by atoms with Crippen molar-refractivity contribution in [1.29, 1.82) is 0 Å². The van der Waals surface area contributed by atoms with Gasteiger partial charge in [-0.2, -0.15) is 0 Å². The minimum Gasteiger partial charge on any atom is -0.489 e. The monoisotopic (exact) mass is 284 g/mol. The number of rotatable bonds is 7. The van der Waals surface area contributed by atoms with Gasteiger partial charge in [-0.3, -0.25) is 4.21 Å². The second kappa shape index (κ2) is 7.38. The lowest BCUT2D eigenvalue weighted by molar-refractivity contribution is 0.244. The van der Waals surface area contributed by atoms with Gasteiger partial charge in [0.2, 0.25) is 0 Å². The Kier molecular flexibility index (Phi) is 6.15. The Bertz CT molecular complexity index is 435. The molecule has 0 aliphatic rings. The number of anilines is 2. The molecule has 0 amide bonds. The molecule has 1 aromatic carbocycles. The first kappa shape index (κ1) is 15.8. The summed E-state index contributed by atoms with van der Waals surface area (Å²) < 4.78 is 16.7. The van der Waals surface area contributed by atoms with Crippen LogP contribution < -0.4 is 15.8 Å². The Hall–Kier alpha value is -1.23. The van der Waals surface area contributed by atoms with Crippen molar-refractivity contribution in [3.8, 4) is 5.75 Å². The molecule has 0 bridgehead atoms. The largest absolute Gasteiger partial charge is 0.489 e. The summed E-state index contributed by atoms with van der Waals surface area (Å²) in [6, 6.07) is 5.94. The van der Waals surface area contributed by atoms with Crippen LogP contribution in [-0.2, 0) is 10.8 Å². The molecule has 0 heterocycles. The lowest BCUT2D eigenvalue weighted by Gasteiger charge is -2.19. The van der Waals surface area contributed by atoms with Crippen LogP contribution in [0.1, 0.15) is 27.2 Å². The van der Waals surface area contributed by atoms with E-state index in [-0.39, 0.29) is 12.1 Å². The van der Waals surface area contributed by atoms with E-state index in [2.05, 4.69) is 12.2 Å². The molecule has 0 aliphatic heterocycles. The van der Waals surface area contributed by atoms with Crippen LogP contribution in [0.5, 0.6) is 5.75 Å². The van der Waals surface area contributed by atoms with Gasteiger partial charge in [-0.1, -0.05) is 6.07 Å². The summed E-state index contributed by atoms with van der Waals surface area (Å²) in [5.74, 6) is 1.39. The van der Waals surface area contributed by atoms with Crippen LogP contribution in [0.3, 0.4) is 0 Å². The zero-order valence-electron chi connectivity index (χ0n) is 12.1. The summed E-state index contributed by atoms with van der Waals surface area (Å²) >= 11 is 0. The first-order valence-electron chi connectivity index (χ1n) is 6.52. The van der Waals surface area contributed by atoms with E-state index in [4.69, 9.17) is 10.5 Å². The van der Waals surface area contributed by atoms with E-state index in [1.165, 1.54) is 0 Å². The molecule has 108 valence electrons. The fourth-order valence-electron chi connectivity index (χ4n) is 1.71. The van der Waals surface area contributed by atoms with E-state index in [9.17, 15) is 4.21 Å².